The van der Waals surface area contributed by atoms with Crippen LogP contribution in [0, 0.1) is 0 Å². The maximum absolute atomic E-state index is 10.2. The zero-order valence-corrected chi connectivity index (χ0v) is 21.6. The Kier molecular flexibility index (Phi) is 8.43. The molecule has 0 fully saturated rings. The fourth-order valence-electron chi connectivity index (χ4n) is 3.83. The minimum Gasteiger partial charge on any atom is -0.515 e. The maximum Gasteiger partial charge on any atom is 0.167 e. The number of hydrogen-bond acceptors (Lipinski definition) is 9. The number of hydrogen-bond donors (Lipinski definition) is 3. The van der Waals surface area contributed by atoms with Crippen molar-refractivity contribution in [2.45, 2.75) is 0 Å². The third-order valence-electron chi connectivity index (χ3n) is 5.95. The normalized spacial score (nSPS) is 12.2. The van der Waals surface area contributed by atoms with Crippen LogP contribution in [0.3, 0.4) is 0 Å². The highest BCUT2D eigenvalue weighted by molar-refractivity contribution is 5.82. The van der Waals surface area contributed by atoms with E-state index in [4.69, 9.17) is 14.2 Å². The Balaban J connectivity index is 1.90. The van der Waals surface area contributed by atoms with Crippen LogP contribution in [0.5, 0.6) is 17.2 Å². The fourth-order valence-corrected chi connectivity index (χ4v) is 3.83. The van der Waals surface area contributed by atoms with Gasteiger partial charge in [-0.3, -0.25) is 0 Å². The highest BCUT2D eigenvalue weighted by Gasteiger charge is 2.20. The number of aliphatic hydroxyl groups is 3. The van der Waals surface area contributed by atoms with E-state index in [2.05, 4.69) is 15.0 Å². The first kappa shape index (κ1) is 26.7. The first-order chi connectivity index (χ1) is 19.0. The molecule has 0 aliphatic rings. The van der Waals surface area contributed by atoms with Gasteiger partial charge in [0.2, 0.25) is 0 Å². The highest BCUT2D eigenvalue weighted by Crippen LogP contribution is 2.29. The number of aliphatic hydroxyl groups excluding tert-OH is 3. The number of methoxy groups -OCH3 is 3. The zero-order chi connectivity index (χ0) is 27.8. The van der Waals surface area contributed by atoms with Gasteiger partial charge in [-0.1, -0.05) is 36.4 Å². The van der Waals surface area contributed by atoms with Crippen molar-refractivity contribution in [2.75, 3.05) is 21.3 Å². The lowest BCUT2D eigenvalue weighted by Crippen LogP contribution is -2.09. The van der Waals surface area contributed by atoms with Gasteiger partial charge in [0.05, 0.1) is 56.8 Å². The van der Waals surface area contributed by atoms with Crippen molar-refractivity contribution < 1.29 is 29.5 Å². The van der Waals surface area contributed by atoms with Gasteiger partial charge in [-0.2, -0.15) is 0 Å². The lowest BCUT2D eigenvalue weighted by Gasteiger charge is -2.14. The SMILES string of the molecule is COc1ccc(/C(=C/O)c2nc(/C(=C\O)c3ccc(OC)cc3)nc(/C(=C/O)c3ccc(OC)cc3)n2)cc1. The molecule has 0 bridgehead atoms. The Bertz CT molecular complexity index is 1310. The third kappa shape index (κ3) is 5.83. The molecule has 4 aromatic rings. The van der Waals surface area contributed by atoms with E-state index in [0.717, 1.165) is 18.8 Å². The van der Waals surface area contributed by atoms with Crippen molar-refractivity contribution in [2.24, 2.45) is 0 Å². The number of nitrogens with zero attached hydrogens (tertiary/aromatic N) is 3. The van der Waals surface area contributed by atoms with Crippen LogP contribution in [-0.4, -0.2) is 51.6 Å². The Morgan fingerprint density at radius 3 is 0.872 bits per heavy atom. The van der Waals surface area contributed by atoms with Crippen molar-refractivity contribution >= 4 is 16.7 Å². The number of ether oxygens (including phenoxy) is 3. The van der Waals surface area contributed by atoms with Crippen LogP contribution in [0.1, 0.15) is 34.2 Å². The van der Waals surface area contributed by atoms with Crippen LogP contribution >= 0.6 is 0 Å². The summed E-state index contributed by atoms with van der Waals surface area (Å²) >= 11 is 0. The molecular formula is C30H27N3O6. The predicted octanol–water partition coefficient (Wildman–Crippen LogP) is 5.74. The van der Waals surface area contributed by atoms with Crippen LogP contribution in [0.2, 0.25) is 0 Å². The second kappa shape index (κ2) is 12.3. The van der Waals surface area contributed by atoms with Crippen LogP contribution in [0.25, 0.3) is 16.7 Å². The summed E-state index contributed by atoms with van der Waals surface area (Å²) < 4.78 is 15.7. The smallest absolute Gasteiger partial charge is 0.167 e. The molecule has 3 N–H and O–H groups in total. The van der Waals surface area contributed by atoms with Gasteiger partial charge in [0.15, 0.2) is 17.5 Å². The van der Waals surface area contributed by atoms with Gasteiger partial charge in [0.1, 0.15) is 17.2 Å². The molecule has 4 rings (SSSR count). The van der Waals surface area contributed by atoms with Gasteiger partial charge in [-0.25, -0.2) is 15.0 Å². The topological polar surface area (TPSA) is 127 Å². The van der Waals surface area contributed by atoms with E-state index in [-0.39, 0.29) is 17.5 Å². The molecule has 1 heterocycles. The zero-order valence-electron chi connectivity index (χ0n) is 21.6. The summed E-state index contributed by atoms with van der Waals surface area (Å²) in [4.78, 5) is 13.7. The minimum atomic E-state index is 0.114. The van der Waals surface area contributed by atoms with E-state index in [1.807, 2.05) is 0 Å². The van der Waals surface area contributed by atoms with Gasteiger partial charge in [0, 0.05) is 0 Å². The Morgan fingerprint density at radius 1 is 0.462 bits per heavy atom. The van der Waals surface area contributed by atoms with Gasteiger partial charge in [0.25, 0.3) is 0 Å². The van der Waals surface area contributed by atoms with Crippen molar-refractivity contribution in [3.05, 3.63) is 126 Å². The van der Waals surface area contributed by atoms with Gasteiger partial charge in [-0.15, -0.1) is 0 Å². The first-order valence-corrected chi connectivity index (χ1v) is 11.8. The van der Waals surface area contributed by atoms with Crippen molar-refractivity contribution in [1.82, 2.24) is 15.0 Å². The second-order valence-electron chi connectivity index (χ2n) is 8.12. The maximum atomic E-state index is 10.2. The molecule has 0 unspecified atom stereocenters. The van der Waals surface area contributed by atoms with Crippen molar-refractivity contribution in [1.29, 1.82) is 0 Å². The molecule has 0 aliphatic carbocycles. The Hall–Kier alpha value is -5.31. The quantitative estimate of drug-likeness (QED) is 0.234. The summed E-state index contributed by atoms with van der Waals surface area (Å²) in [7, 11) is 4.69. The second-order valence-corrected chi connectivity index (χ2v) is 8.12. The van der Waals surface area contributed by atoms with Gasteiger partial charge in [-0.05, 0) is 53.1 Å². The number of aromatic nitrogens is 3. The monoisotopic (exact) mass is 525 g/mol. The van der Waals surface area contributed by atoms with E-state index < -0.39 is 0 Å². The Morgan fingerprint density at radius 2 is 0.692 bits per heavy atom. The summed E-state index contributed by atoms with van der Waals surface area (Å²) in [5.41, 5.74) is 2.71. The van der Waals surface area contributed by atoms with E-state index in [1.54, 1.807) is 94.1 Å². The molecule has 0 amide bonds. The molecule has 198 valence electrons. The lowest BCUT2D eigenvalue weighted by molar-refractivity contribution is 0.414. The molecule has 39 heavy (non-hydrogen) atoms. The Labute approximate surface area is 225 Å². The van der Waals surface area contributed by atoms with E-state index in [0.29, 0.717) is 50.7 Å². The minimum absolute atomic E-state index is 0.114. The van der Waals surface area contributed by atoms with Crippen LogP contribution in [0.4, 0.5) is 0 Å². The average Bonchev–Trinajstić information content (AvgIpc) is 2.99. The fraction of sp³-hybridized carbons (Fsp3) is 0.100. The summed E-state index contributed by atoms with van der Waals surface area (Å²) in [6.07, 6.45) is 2.70. The summed E-state index contributed by atoms with van der Waals surface area (Å²) in [5.74, 6) is 2.27. The summed E-state index contributed by atoms with van der Waals surface area (Å²) in [6, 6.07) is 21.0. The molecule has 3 aromatic carbocycles. The van der Waals surface area contributed by atoms with E-state index >= 15 is 0 Å². The van der Waals surface area contributed by atoms with E-state index in [1.165, 1.54) is 0 Å². The van der Waals surface area contributed by atoms with Crippen LogP contribution in [-0.2, 0) is 0 Å². The molecule has 0 saturated carbocycles. The standard InChI is InChI=1S/C30H27N3O6/c1-37-22-10-4-19(5-11-22)25(16-34)28-31-29(26(17-35)20-6-12-23(38-2)13-7-20)33-30(32-28)27(18-36)21-8-14-24(39-3)15-9-21/h4-18,34-36H,1-3H3/b25-16-,26-17-,27-18+. The molecule has 0 saturated heterocycles. The van der Waals surface area contributed by atoms with Gasteiger partial charge >= 0.3 is 0 Å². The molecule has 0 radical (unpaired) electrons. The molecule has 0 aliphatic heterocycles. The summed E-state index contributed by atoms with van der Waals surface area (Å²) in [6.45, 7) is 0. The summed E-state index contributed by atoms with van der Waals surface area (Å²) in [5, 5.41) is 30.7. The van der Waals surface area contributed by atoms with Crippen molar-refractivity contribution in [3.63, 3.8) is 0 Å². The first-order valence-electron chi connectivity index (χ1n) is 11.8. The molecule has 0 spiro atoms. The number of benzene rings is 3. The molecule has 1 aromatic heterocycles. The predicted molar refractivity (Wildman–Crippen MR) is 148 cm³/mol. The third-order valence-corrected chi connectivity index (χ3v) is 5.95. The van der Waals surface area contributed by atoms with Crippen LogP contribution < -0.4 is 14.2 Å². The lowest BCUT2D eigenvalue weighted by atomic mass is 10.0. The van der Waals surface area contributed by atoms with E-state index in [9.17, 15) is 15.3 Å². The van der Waals surface area contributed by atoms with Gasteiger partial charge < -0.3 is 29.5 Å². The average molecular weight is 526 g/mol. The van der Waals surface area contributed by atoms with Crippen LogP contribution in [0.15, 0.2) is 91.6 Å². The molecule has 0 atom stereocenters. The highest BCUT2D eigenvalue weighted by atomic mass is 16.5. The number of rotatable bonds is 9. The largest absolute Gasteiger partial charge is 0.515 e. The molecule has 9 heteroatoms. The van der Waals surface area contributed by atoms with Crippen molar-refractivity contribution in [3.8, 4) is 17.2 Å². The molecule has 9 nitrogen and oxygen atoms in total. The molecular weight excluding hydrogens is 498 g/mol.